The number of nitrogens with one attached hydrogen (secondary N) is 1. The number of carbonyl (C=O) groups excluding carboxylic acids is 1. The zero-order chi connectivity index (χ0) is 15.4. The van der Waals surface area contributed by atoms with Gasteiger partial charge in [0, 0.05) is 19.2 Å². The number of H-pyrrole nitrogens is 1. The van der Waals surface area contributed by atoms with Crippen molar-refractivity contribution in [1.29, 1.82) is 0 Å². The third-order valence-electron chi connectivity index (χ3n) is 4.25. The predicted molar refractivity (Wildman–Crippen MR) is 81.6 cm³/mol. The number of benzene rings is 1. The normalized spacial score (nSPS) is 18.4. The molecule has 1 atom stereocenters. The summed E-state index contributed by atoms with van der Waals surface area (Å²) in [6.07, 6.45) is 5.98. The molecule has 2 heterocycles. The first-order chi connectivity index (χ1) is 10.7. The number of aromatic amines is 1. The fourth-order valence-electron chi connectivity index (χ4n) is 3.05. The van der Waals surface area contributed by atoms with Crippen molar-refractivity contribution >= 4 is 5.91 Å². The monoisotopic (exact) mass is 301 g/mol. The minimum absolute atomic E-state index is 0.108. The maximum atomic E-state index is 12.9. The highest BCUT2D eigenvalue weighted by Gasteiger charge is 2.28. The average molecular weight is 301 g/mol. The number of amides is 1. The summed E-state index contributed by atoms with van der Waals surface area (Å²) in [6.45, 7) is 0.798. The highest BCUT2D eigenvalue weighted by molar-refractivity contribution is 5.77. The van der Waals surface area contributed by atoms with Crippen molar-refractivity contribution in [2.24, 2.45) is 0 Å². The minimum Gasteiger partial charge on any atom is -0.334 e. The molecule has 1 aliphatic heterocycles. The number of aryl methyl sites for hydroxylation is 1. The number of aromatic nitrogens is 2. The second-order valence-electron chi connectivity index (χ2n) is 5.74. The zero-order valence-corrected chi connectivity index (χ0v) is 12.5. The molecule has 0 bridgehead atoms. The van der Waals surface area contributed by atoms with Gasteiger partial charge in [-0.05, 0) is 49.4 Å². The lowest BCUT2D eigenvalue weighted by atomic mass is 9.98. The van der Waals surface area contributed by atoms with Gasteiger partial charge in [-0.1, -0.05) is 12.1 Å². The lowest BCUT2D eigenvalue weighted by Gasteiger charge is -2.35. The van der Waals surface area contributed by atoms with Gasteiger partial charge in [0.1, 0.15) is 5.82 Å². The molecule has 1 aromatic heterocycles. The Balaban J connectivity index is 1.63. The van der Waals surface area contributed by atoms with E-state index in [1.165, 1.54) is 12.1 Å². The second kappa shape index (κ2) is 6.73. The van der Waals surface area contributed by atoms with E-state index in [0.717, 1.165) is 37.1 Å². The van der Waals surface area contributed by atoms with Gasteiger partial charge in [0.25, 0.3) is 0 Å². The van der Waals surface area contributed by atoms with Crippen LogP contribution in [0, 0.1) is 5.82 Å². The van der Waals surface area contributed by atoms with E-state index in [1.54, 1.807) is 18.3 Å². The van der Waals surface area contributed by atoms with Crippen LogP contribution in [0.3, 0.4) is 0 Å². The lowest BCUT2D eigenvalue weighted by molar-refractivity contribution is -0.135. The predicted octanol–water partition coefficient (Wildman–Crippen LogP) is 3.24. The largest absolute Gasteiger partial charge is 0.334 e. The molecule has 1 fully saturated rings. The van der Waals surface area contributed by atoms with Gasteiger partial charge in [-0.25, -0.2) is 4.39 Å². The zero-order valence-electron chi connectivity index (χ0n) is 12.5. The number of nitrogens with zero attached hydrogens (tertiary/aromatic N) is 2. The topological polar surface area (TPSA) is 49.0 Å². The van der Waals surface area contributed by atoms with E-state index in [4.69, 9.17) is 0 Å². The van der Waals surface area contributed by atoms with E-state index in [2.05, 4.69) is 10.2 Å². The highest BCUT2D eigenvalue weighted by Crippen LogP contribution is 2.30. The third-order valence-corrected chi connectivity index (χ3v) is 4.25. The Morgan fingerprint density at radius 3 is 2.82 bits per heavy atom. The van der Waals surface area contributed by atoms with Gasteiger partial charge in [0.2, 0.25) is 5.91 Å². The third kappa shape index (κ3) is 3.35. The number of rotatable bonds is 4. The van der Waals surface area contributed by atoms with E-state index in [1.807, 2.05) is 11.0 Å². The summed E-state index contributed by atoms with van der Waals surface area (Å²) in [4.78, 5) is 14.5. The van der Waals surface area contributed by atoms with E-state index < -0.39 is 0 Å². The molecule has 0 unspecified atom stereocenters. The molecular formula is C17H20FN3O. The Morgan fingerprint density at radius 2 is 2.09 bits per heavy atom. The molecule has 4 nitrogen and oxygen atoms in total. The first-order valence-corrected chi connectivity index (χ1v) is 7.77. The van der Waals surface area contributed by atoms with Crippen molar-refractivity contribution in [1.82, 2.24) is 15.1 Å². The maximum Gasteiger partial charge on any atom is 0.223 e. The number of hydrogen-bond donors (Lipinski definition) is 1. The Morgan fingerprint density at radius 1 is 1.27 bits per heavy atom. The molecule has 3 rings (SSSR count). The Hall–Kier alpha value is -2.17. The van der Waals surface area contributed by atoms with Gasteiger partial charge >= 0.3 is 0 Å². The van der Waals surface area contributed by atoms with Crippen molar-refractivity contribution in [3.63, 3.8) is 0 Å². The molecule has 5 heteroatoms. The van der Waals surface area contributed by atoms with Crippen molar-refractivity contribution in [3.8, 4) is 0 Å². The number of halogens is 1. The average Bonchev–Trinajstić information content (AvgIpc) is 3.08. The number of likely N-dealkylation sites (tertiary alicyclic amines) is 1. The molecule has 1 N–H and O–H groups in total. The molecule has 0 spiro atoms. The number of piperidine rings is 1. The molecule has 0 saturated carbocycles. The lowest BCUT2D eigenvalue weighted by Crippen LogP contribution is -2.38. The molecule has 116 valence electrons. The fraction of sp³-hybridized carbons (Fsp3) is 0.412. The molecule has 1 aromatic carbocycles. The van der Waals surface area contributed by atoms with Crippen LogP contribution < -0.4 is 0 Å². The molecular weight excluding hydrogens is 281 g/mol. The van der Waals surface area contributed by atoms with Gasteiger partial charge in [0.15, 0.2) is 0 Å². The van der Waals surface area contributed by atoms with Gasteiger partial charge in [-0.3, -0.25) is 9.89 Å². The van der Waals surface area contributed by atoms with Crippen LogP contribution in [0.5, 0.6) is 0 Å². The summed E-state index contributed by atoms with van der Waals surface area (Å²) in [5.41, 5.74) is 2.00. The van der Waals surface area contributed by atoms with E-state index in [0.29, 0.717) is 12.8 Å². The first kappa shape index (κ1) is 14.8. The molecule has 1 aliphatic rings. The standard InChI is InChI=1S/C17H20FN3O/c18-14-7-4-13(5-8-14)6-9-17(22)21-12-2-1-3-16(21)15-10-11-19-20-15/h4-5,7-8,10-11,16H,1-3,6,9,12H2,(H,19,20)/t16-/m0/s1. The quantitative estimate of drug-likeness (QED) is 0.942. The van der Waals surface area contributed by atoms with Crippen molar-refractivity contribution in [3.05, 3.63) is 53.6 Å². The van der Waals surface area contributed by atoms with Crippen LogP contribution in [0.4, 0.5) is 4.39 Å². The van der Waals surface area contributed by atoms with Crippen LogP contribution in [0.25, 0.3) is 0 Å². The van der Waals surface area contributed by atoms with Crippen molar-refractivity contribution in [2.45, 2.75) is 38.1 Å². The van der Waals surface area contributed by atoms with Gasteiger partial charge < -0.3 is 4.90 Å². The fourth-order valence-corrected chi connectivity index (χ4v) is 3.05. The second-order valence-corrected chi connectivity index (χ2v) is 5.74. The van der Waals surface area contributed by atoms with Gasteiger partial charge in [0.05, 0.1) is 11.7 Å². The minimum atomic E-state index is -0.245. The Labute approximate surface area is 129 Å². The summed E-state index contributed by atoms with van der Waals surface area (Å²) in [5, 5.41) is 6.98. The van der Waals surface area contributed by atoms with E-state index in [-0.39, 0.29) is 17.8 Å². The van der Waals surface area contributed by atoms with Crippen molar-refractivity contribution in [2.75, 3.05) is 6.54 Å². The summed E-state index contributed by atoms with van der Waals surface area (Å²) in [6, 6.07) is 8.41. The summed E-state index contributed by atoms with van der Waals surface area (Å²) in [5.74, 6) is -0.0889. The van der Waals surface area contributed by atoms with Crippen LogP contribution in [0.15, 0.2) is 36.5 Å². The van der Waals surface area contributed by atoms with E-state index >= 15 is 0 Å². The van der Waals surface area contributed by atoms with Crippen LogP contribution in [-0.4, -0.2) is 27.5 Å². The Kier molecular flexibility index (Phi) is 4.51. The smallest absolute Gasteiger partial charge is 0.223 e. The van der Waals surface area contributed by atoms with Crippen LogP contribution in [-0.2, 0) is 11.2 Å². The summed E-state index contributed by atoms with van der Waals surface area (Å²) < 4.78 is 12.9. The first-order valence-electron chi connectivity index (χ1n) is 7.77. The van der Waals surface area contributed by atoms with Crippen molar-refractivity contribution < 1.29 is 9.18 Å². The highest BCUT2D eigenvalue weighted by atomic mass is 19.1. The van der Waals surface area contributed by atoms with Gasteiger partial charge in [-0.2, -0.15) is 5.10 Å². The number of carbonyl (C=O) groups is 1. The SMILES string of the molecule is O=C(CCc1ccc(F)cc1)N1CCCC[C@H]1c1ccn[nH]1. The summed E-state index contributed by atoms with van der Waals surface area (Å²) in [7, 11) is 0. The van der Waals surface area contributed by atoms with Crippen LogP contribution >= 0.6 is 0 Å². The molecule has 0 radical (unpaired) electrons. The molecule has 2 aromatic rings. The maximum absolute atomic E-state index is 12.9. The van der Waals surface area contributed by atoms with E-state index in [9.17, 15) is 9.18 Å². The summed E-state index contributed by atoms with van der Waals surface area (Å²) >= 11 is 0. The van der Waals surface area contributed by atoms with Crippen LogP contribution in [0.2, 0.25) is 0 Å². The molecule has 1 saturated heterocycles. The molecule has 0 aliphatic carbocycles. The Bertz CT molecular complexity index is 609. The van der Waals surface area contributed by atoms with Gasteiger partial charge in [-0.15, -0.1) is 0 Å². The number of hydrogen-bond acceptors (Lipinski definition) is 2. The van der Waals surface area contributed by atoms with Crippen LogP contribution in [0.1, 0.15) is 43.0 Å². The molecule has 1 amide bonds. The molecule has 22 heavy (non-hydrogen) atoms.